The number of nitrogens with one attached hydrogen (secondary N) is 1. The van der Waals surface area contributed by atoms with Gasteiger partial charge in [-0.15, -0.1) is 0 Å². The molecule has 2 aromatic rings. The summed E-state index contributed by atoms with van der Waals surface area (Å²) in [6.07, 6.45) is 0. The summed E-state index contributed by atoms with van der Waals surface area (Å²) in [4.78, 5) is 14.4. The lowest BCUT2D eigenvalue weighted by atomic mass is 10.1. The number of hydrogen-bond donors (Lipinski definition) is 1. The second-order valence-electron chi connectivity index (χ2n) is 3.32. The number of benzene rings is 1. The third-order valence-electron chi connectivity index (χ3n) is 2.21. The number of fused-ring (bicyclic) bond motifs is 1. The number of pyridine rings is 1. The van der Waals surface area contributed by atoms with Crippen LogP contribution in [0.25, 0.3) is 10.8 Å². The van der Waals surface area contributed by atoms with Gasteiger partial charge in [0.25, 0.3) is 5.56 Å². The molecule has 1 heterocycles. The fraction of sp³-hybridized carbons (Fsp3) is 0.182. The molecule has 0 saturated heterocycles. The van der Waals surface area contributed by atoms with Gasteiger partial charge in [0.2, 0.25) is 0 Å². The molecule has 0 aliphatic carbocycles. The summed E-state index contributed by atoms with van der Waals surface area (Å²) in [7, 11) is 0. The number of aryl methyl sites for hydroxylation is 2. The van der Waals surface area contributed by atoms with Gasteiger partial charge >= 0.3 is 0 Å². The zero-order valence-electron chi connectivity index (χ0n) is 7.72. The monoisotopic (exact) mass is 173 g/mol. The average Bonchev–Trinajstić information content (AvgIpc) is 2.02. The van der Waals surface area contributed by atoms with Crippen LogP contribution in [0.3, 0.4) is 0 Å². The van der Waals surface area contributed by atoms with Gasteiger partial charge in [0.15, 0.2) is 0 Å². The van der Waals surface area contributed by atoms with E-state index in [9.17, 15) is 4.79 Å². The zero-order chi connectivity index (χ0) is 9.42. The lowest BCUT2D eigenvalue weighted by Gasteiger charge is -2.01. The summed E-state index contributed by atoms with van der Waals surface area (Å²) in [6.45, 7) is 3.84. The second kappa shape index (κ2) is 2.73. The van der Waals surface area contributed by atoms with Crippen LogP contribution in [0.2, 0.25) is 0 Å². The molecule has 2 rings (SSSR count). The molecule has 0 radical (unpaired) electrons. The maximum absolute atomic E-state index is 11.6. The summed E-state index contributed by atoms with van der Waals surface area (Å²) in [5.74, 6) is 0. The summed E-state index contributed by atoms with van der Waals surface area (Å²) in [5, 5.41) is 1.81. The van der Waals surface area contributed by atoms with Crippen molar-refractivity contribution in [2.45, 2.75) is 13.8 Å². The minimum absolute atomic E-state index is 0.00750. The van der Waals surface area contributed by atoms with Crippen molar-refractivity contribution in [3.8, 4) is 0 Å². The Morgan fingerprint density at radius 3 is 2.77 bits per heavy atom. The maximum atomic E-state index is 11.6. The lowest BCUT2D eigenvalue weighted by Crippen LogP contribution is -2.08. The van der Waals surface area contributed by atoms with Crippen molar-refractivity contribution in [2.75, 3.05) is 0 Å². The van der Waals surface area contributed by atoms with Gasteiger partial charge in [-0.2, -0.15) is 0 Å². The Bertz CT molecular complexity index is 511. The van der Waals surface area contributed by atoms with Crippen LogP contribution in [0.15, 0.2) is 29.1 Å². The van der Waals surface area contributed by atoms with Crippen LogP contribution in [0.5, 0.6) is 0 Å². The van der Waals surface area contributed by atoms with Crippen molar-refractivity contribution in [1.29, 1.82) is 0 Å². The summed E-state index contributed by atoms with van der Waals surface area (Å²) in [5.41, 5.74) is 1.94. The fourth-order valence-electron chi connectivity index (χ4n) is 1.63. The van der Waals surface area contributed by atoms with Gasteiger partial charge in [0, 0.05) is 11.1 Å². The molecule has 0 unspecified atom stereocenters. The Morgan fingerprint density at radius 1 is 1.23 bits per heavy atom. The Kier molecular flexibility index (Phi) is 1.69. The van der Waals surface area contributed by atoms with Crippen molar-refractivity contribution in [2.24, 2.45) is 0 Å². The molecule has 2 heteroatoms. The average molecular weight is 173 g/mol. The molecule has 13 heavy (non-hydrogen) atoms. The Hall–Kier alpha value is -1.57. The Labute approximate surface area is 76.2 Å². The van der Waals surface area contributed by atoms with E-state index in [0.29, 0.717) is 0 Å². The molecule has 0 aliphatic heterocycles. The van der Waals surface area contributed by atoms with Crippen molar-refractivity contribution in [3.63, 3.8) is 0 Å². The minimum atomic E-state index is 0.00750. The van der Waals surface area contributed by atoms with Crippen LogP contribution in [-0.2, 0) is 0 Å². The van der Waals surface area contributed by atoms with Gasteiger partial charge in [-0.1, -0.05) is 18.2 Å². The molecule has 0 aliphatic rings. The van der Waals surface area contributed by atoms with Crippen molar-refractivity contribution in [3.05, 3.63) is 45.9 Å². The molecule has 0 fully saturated rings. The van der Waals surface area contributed by atoms with Gasteiger partial charge in [0.1, 0.15) is 0 Å². The van der Waals surface area contributed by atoms with E-state index >= 15 is 0 Å². The van der Waals surface area contributed by atoms with E-state index in [1.807, 2.05) is 38.1 Å². The van der Waals surface area contributed by atoms with Crippen LogP contribution in [-0.4, -0.2) is 4.98 Å². The van der Waals surface area contributed by atoms with Crippen LogP contribution in [0.4, 0.5) is 0 Å². The molecule has 0 amide bonds. The van der Waals surface area contributed by atoms with Crippen LogP contribution >= 0.6 is 0 Å². The first kappa shape index (κ1) is 8.05. The number of H-pyrrole nitrogens is 1. The van der Waals surface area contributed by atoms with Gasteiger partial charge < -0.3 is 4.98 Å². The van der Waals surface area contributed by atoms with Crippen LogP contribution < -0.4 is 5.56 Å². The van der Waals surface area contributed by atoms with E-state index < -0.39 is 0 Å². The minimum Gasteiger partial charge on any atom is -0.326 e. The maximum Gasteiger partial charge on any atom is 0.256 e. The molecule has 1 N–H and O–H groups in total. The molecule has 2 nitrogen and oxygen atoms in total. The predicted octanol–water partition coefficient (Wildman–Crippen LogP) is 2.14. The fourth-order valence-corrected chi connectivity index (χ4v) is 1.63. The van der Waals surface area contributed by atoms with E-state index in [0.717, 1.165) is 22.0 Å². The normalized spacial score (nSPS) is 10.6. The highest BCUT2D eigenvalue weighted by atomic mass is 16.1. The molecular weight excluding hydrogens is 162 g/mol. The molecular formula is C11H11NO. The molecule has 0 spiro atoms. The highest BCUT2D eigenvalue weighted by Crippen LogP contribution is 2.13. The SMILES string of the molecule is Cc1cc2cccc(C)c2c(=O)[nH]1. The van der Waals surface area contributed by atoms with E-state index in [4.69, 9.17) is 0 Å². The standard InChI is InChI=1S/C11H11NO/c1-7-4-3-5-9-6-8(2)12-11(13)10(7)9/h3-6H,1-2H3,(H,12,13). The Morgan fingerprint density at radius 2 is 2.00 bits per heavy atom. The number of hydrogen-bond acceptors (Lipinski definition) is 1. The third kappa shape index (κ3) is 1.24. The van der Waals surface area contributed by atoms with Crippen molar-refractivity contribution < 1.29 is 0 Å². The number of aromatic nitrogens is 1. The highest BCUT2D eigenvalue weighted by Gasteiger charge is 2.01. The van der Waals surface area contributed by atoms with Gasteiger partial charge in [0.05, 0.1) is 0 Å². The first-order valence-electron chi connectivity index (χ1n) is 4.28. The molecule has 66 valence electrons. The molecule has 0 saturated carbocycles. The van der Waals surface area contributed by atoms with Crippen molar-refractivity contribution >= 4 is 10.8 Å². The zero-order valence-corrected chi connectivity index (χ0v) is 7.72. The Balaban J connectivity index is 3.03. The highest BCUT2D eigenvalue weighted by molar-refractivity contribution is 5.84. The van der Waals surface area contributed by atoms with E-state index in [1.165, 1.54) is 0 Å². The molecule has 0 atom stereocenters. The molecule has 1 aromatic heterocycles. The number of rotatable bonds is 0. The van der Waals surface area contributed by atoms with E-state index in [-0.39, 0.29) is 5.56 Å². The van der Waals surface area contributed by atoms with E-state index in [2.05, 4.69) is 4.98 Å². The first-order chi connectivity index (χ1) is 6.18. The quantitative estimate of drug-likeness (QED) is 0.650. The lowest BCUT2D eigenvalue weighted by molar-refractivity contribution is 1.17. The topological polar surface area (TPSA) is 32.9 Å². The second-order valence-corrected chi connectivity index (χ2v) is 3.32. The molecule has 0 bridgehead atoms. The third-order valence-corrected chi connectivity index (χ3v) is 2.21. The first-order valence-corrected chi connectivity index (χ1v) is 4.28. The van der Waals surface area contributed by atoms with Gasteiger partial charge in [-0.3, -0.25) is 4.79 Å². The summed E-state index contributed by atoms with van der Waals surface area (Å²) < 4.78 is 0. The van der Waals surface area contributed by atoms with Crippen LogP contribution in [0.1, 0.15) is 11.3 Å². The number of aromatic amines is 1. The molecule has 1 aromatic carbocycles. The smallest absolute Gasteiger partial charge is 0.256 e. The van der Waals surface area contributed by atoms with Crippen molar-refractivity contribution in [1.82, 2.24) is 4.98 Å². The summed E-state index contributed by atoms with van der Waals surface area (Å²) >= 11 is 0. The van der Waals surface area contributed by atoms with Gasteiger partial charge in [-0.25, -0.2) is 0 Å². The van der Waals surface area contributed by atoms with E-state index in [1.54, 1.807) is 0 Å². The largest absolute Gasteiger partial charge is 0.326 e. The predicted molar refractivity (Wildman–Crippen MR) is 54.0 cm³/mol. The van der Waals surface area contributed by atoms with Gasteiger partial charge in [-0.05, 0) is 30.9 Å². The van der Waals surface area contributed by atoms with Crippen LogP contribution in [0, 0.1) is 13.8 Å². The summed E-state index contributed by atoms with van der Waals surface area (Å²) in [6, 6.07) is 7.87.